The zero-order valence-corrected chi connectivity index (χ0v) is 15.1. The van der Waals surface area contributed by atoms with Crippen LogP contribution in [0.1, 0.15) is 25.7 Å². The SMILES string of the molecule is CN1CCC(NC2CCN(c3cc(N)nc4ccccc34)CC2)CC1. The van der Waals surface area contributed by atoms with Crippen LogP contribution >= 0.6 is 0 Å². The molecule has 0 unspecified atom stereocenters. The van der Waals surface area contributed by atoms with Gasteiger partial charge >= 0.3 is 0 Å². The molecule has 2 aromatic rings. The highest BCUT2D eigenvalue weighted by atomic mass is 15.2. The number of nitrogen functional groups attached to an aromatic ring is 1. The number of likely N-dealkylation sites (tertiary alicyclic amines) is 1. The van der Waals surface area contributed by atoms with Crippen molar-refractivity contribution >= 4 is 22.4 Å². The Labute approximate surface area is 150 Å². The molecule has 2 aliphatic rings. The van der Waals surface area contributed by atoms with Crippen molar-refractivity contribution in [2.24, 2.45) is 0 Å². The smallest absolute Gasteiger partial charge is 0.126 e. The number of para-hydroxylation sites is 1. The lowest BCUT2D eigenvalue weighted by atomic mass is 9.99. The number of benzene rings is 1. The minimum atomic E-state index is 0.611. The van der Waals surface area contributed by atoms with E-state index in [9.17, 15) is 0 Å². The molecule has 2 saturated heterocycles. The Hall–Kier alpha value is -1.85. The summed E-state index contributed by atoms with van der Waals surface area (Å²) in [4.78, 5) is 9.37. The first-order valence-electron chi connectivity index (χ1n) is 9.54. The number of pyridine rings is 1. The molecule has 2 aliphatic heterocycles. The molecule has 4 rings (SSSR count). The van der Waals surface area contributed by atoms with E-state index in [4.69, 9.17) is 5.73 Å². The summed E-state index contributed by atoms with van der Waals surface area (Å²) < 4.78 is 0. The minimum absolute atomic E-state index is 0.611. The van der Waals surface area contributed by atoms with Crippen molar-refractivity contribution in [1.82, 2.24) is 15.2 Å². The molecule has 25 heavy (non-hydrogen) atoms. The standard InChI is InChI=1S/C20H29N5/c1-24-10-6-15(7-11-24)22-16-8-12-25(13-9-16)19-14-20(21)23-18-5-3-2-4-17(18)19/h2-5,14-16,22H,6-13H2,1H3,(H2,21,23). The van der Waals surface area contributed by atoms with E-state index in [1.807, 2.05) is 18.2 Å². The van der Waals surface area contributed by atoms with Crippen LogP contribution in [0.3, 0.4) is 0 Å². The maximum Gasteiger partial charge on any atom is 0.126 e. The molecular weight excluding hydrogens is 310 g/mol. The van der Waals surface area contributed by atoms with Gasteiger partial charge in [-0.3, -0.25) is 0 Å². The lowest BCUT2D eigenvalue weighted by Crippen LogP contribution is -2.49. The van der Waals surface area contributed by atoms with E-state index in [0.29, 0.717) is 17.9 Å². The lowest BCUT2D eigenvalue weighted by molar-refractivity contribution is 0.217. The number of aromatic nitrogens is 1. The van der Waals surface area contributed by atoms with E-state index >= 15 is 0 Å². The third kappa shape index (κ3) is 3.72. The number of nitrogens with two attached hydrogens (primary N) is 1. The first-order chi connectivity index (χ1) is 12.2. The fourth-order valence-electron chi connectivity index (χ4n) is 4.23. The molecule has 0 aliphatic carbocycles. The van der Waals surface area contributed by atoms with Crippen LogP contribution in [0.2, 0.25) is 0 Å². The number of nitrogens with zero attached hydrogens (tertiary/aromatic N) is 3. The zero-order chi connectivity index (χ0) is 17.2. The van der Waals surface area contributed by atoms with Gasteiger partial charge in [-0.25, -0.2) is 4.98 Å². The van der Waals surface area contributed by atoms with Crippen molar-refractivity contribution in [3.8, 4) is 0 Å². The molecule has 0 radical (unpaired) electrons. The summed E-state index contributed by atoms with van der Waals surface area (Å²) >= 11 is 0. The Morgan fingerprint density at radius 3 is 2.36 bits per heavy atom. The number of nitrogens with one attached hydrogen (secondary N) is 1. The van der Waals surface area contributed by atoms with Crippen molar-refractivity contribution in [2.75, 3.05) is 43.9 Å². The van der Waals surface area contributed by atoms with Gasteiger partial charge in [-0.05, 0) is 51.9 Å². The highest BCUT2D eigenvalue weighted by Crippen LogP contribution is 2.30. The Kier molecular flexibility index (Phi) is 4.77. The van der Waals surface area contributed by atoms with Crippen molar-refractivity contribution < 1.29 is 0 Å². The van der Waals surface area contributed by atoms with Crippen molar-refractivity contribution in [3.05, 3.63) is 30.3 Å². The molecule has 0 bridgehead atoms. The number of anilines is 2. The van der Waals surface area contributed by atoms with Gasteiger partial charge in [-0.2, -0.15) is 0 Å². The Bertz CT molecular complexity index is 715. The Morgan fingerprint density at radius 1 is 1.00 bits per heavy atom. The maximum absolute atomic E-state index is 6.04. The maximum atomic E-state index is 6.04. The number of fused-ring (bicyclic) bond motifs is 1. The number of hydrogen-bond donors (Lipinski definition) is 2. The van der Waals surface area contributed by atoms with E-state index in [1.165, 1.54) is 49.8 Å². The molecule has 5 heteroatoms. The largest absolute Gasteiger partial charge is 0.384 e. The molecular formula is C20H29N5. The number of rotatable bonds is 3. The summed E-state index contributed by atoms with van der Waals surface area (Å²) in [5, 5.41) is 5.12. The lowest BCUT2D eigenvalue weighted by Gasteiger charge is -2.38. The van der Waals surface area contributed by atoms with Gasteiger partial charge in [0.1, 0.15) is 5.82 Å². The van der Waals surface area contributed by atoms with Crippen molar-refractivity contribution in [1.29, 1.82) is 0 Å². The van der Waals surface area contributed by atoms with Gasteiger partial charge in [0.15, 0.2) is 0 Å². The molecule has 3 N–H and O–H groups in total. The highest BCUT2D eigenvalue weighted by molar-refractivity contribution is 5.93. The molecule has 1 aromatic carbocycles. The third-order valence-corrected chi connectivity index (χ3v) is 5.74. The molecule has 0 saturated carbocycles. The Morgan fingerprint density at radius 2 is 1.64 bits per heavy atom. The summed E-state index contributed by atoms with van der Waals surface area (Å²) in [6.07, 6.45) is 4.95. The summed E-state index contributed by atoms with van der Waals surface area (Å²) in [5.74, 6) is 0.611. The molecule has 0 atom stereocenters. The second kappa shape index (κ2) is 7.18. The number of piperidine rings is 2. The van der Waals surface area contributed by atoms with E-state index in [-0.39, 0.29) is 0 Å². The van der Waals surface area contributed by atoms with Crippen LogP contribution in [0.25, 0.3) is 10.9 Å². The monoisotopic (exact) mass is 339 g/mol. The quantitative estimate of drug-likeness (QED) is 0.900. The van der Waals surface area contributed by atoms with Crippen LogP contribution < -0.4 is 16.0 Å². The first kappa shape index (κ1) is 16.6. The zero-order valence-electron chi connectivity index (χ0n) is 15.1. The number of hydrogen-bond acceptors (Lipinski definition) is 5. The van der Waals surface area contributed by atoms with Gasteiger partial charge < -0.3 is 20.9 Å². The molecule has 0 spiro atoms. The average molecular weight is 339 g/mol. The minimum Gasteiger partial charge on any atom is -0.384 e. The summed E-state index contributed by atoms with van der Waals surface area (Å²) in [7, 11) is 2.22. The second-order valence-corrected chi connectivity index (χ2v) is 7.59. The van der Waals surface area contributed by atoms with Crippen LogP contribution in [-0.2, 0) is 0 Å². The van der Waals surface area contributed by atoms with Crippen LogP contribution in [0.15, 0.2) is 30.3 Å². The van der Waals surface area contributed by atoms with Crippen LogP contribution in [0.4, 0.5) is 11.5 Å². The van der Waals surface area contributed by atoms with Crippen molar-refractivity contribution in [2.45, 2.75) is 37.8 Å². The van der Waals surface area contributed by atoms with E-state index in [0.717, 1.165) is 18.6 Å². The van der Waals surface area contributed by atoms with E-state index in [1.54, 1.807) is 0 Å². The Balaban J connectivity index is 1.41. The van der Waals surface area contributed by atoms with Crippen LogP contribution in [-0.4, -0.2) is 55.2 Å². The predicted octanol–water partition coefficient (Wildman–Crippen LogP) is 2.47. The van der Waals surface area contributed by atoms with Gasteiger partial charge in [-0.1, -0.05) is 18.2 Å². The molecule has 2 fully saturated rings. The fourth-order valence-corrected chi connectivity index (χ4v) is 4.23. The summed E-state index contributed by atoms with van der Waals surface area (Å²) in [6.45, 7) is 4.60. The van der Waals surface area contributed by atoms with Gasteiger partial charge in [0.05, 0.1) is 5.52 Å². The third-order valence-electron chi connectivity index (χ3n) is 5.74. The summed E-state index contributed by atoms with van der Waals surface area (Å²) in [6, 6.07) is 11.7. The molecule has 134 valence electrons. The van der Waals surface area contributed by atoms with Gasteiger partial charge in [0.2, 0.25) is 0 Å². The van der Waals surface area contributed by atoms with Crippen LogP contribution in [0.5, 0.6) is 0 Å². The first-order valence-corrected chi connectivity index (χ1v) is 9.54. The van der Waals surface area contributed by atoms with Gasteiger partial charge in [0, 0.05) is 42.3 Å². The van der Waals surface area contributed by atoms with Crippen molar-refractivity contribution in [3.63, 3.8) is 0 Å². The predicted molar refractivity (Wildman–Crippen MR) is 105 cm³/mol. The van der Waals surface area contributed by atoms with E-state index < -0.39 is 0 Å². The van der Waals surface area contributed by atoms with Gasteiger partial charge in [-0.15, -0.1) is 0 Å². The topological polar surface area (TPSA) is 57.4 Å². The summed E-state index contributed by atoms with van der Waals surface area (Å²) in [5.41, 5.74) is 8.27. The molecule has 5 nitrogen and oxygen atoms in total. The molecule has 0 amide bonds. The molecule has 3 heterocycles. The van der Waals surface area contributed by atoms with Crippen LogP contribution in [0, 0.1) is 0 Å². The van der Waals surface area contributed by atoms with Gasteiger partial charge in [0.25, 0.3) is 0 Å². The van der Waals surface area contributed by atoms with E-state index in [2.05, 4.69) is 39.3 Å². The normalized spacial score (nSPS) is 21.1. The fraction of sp³-hybridized carbons (Fsp3) is 0.550. The average Bonchev–Trinajstić information content (AvgIpc) is 2.63. The molecule has 1 aromatic heterocycles. The highest BCUT2D eigenvalue weighted by Gasteiger charge is 2.24. The second-order valence-electron chi connectivity index (χ2n) is 7.59.